The smallest absolute Gasteiger partial charge is 0.305 e. The Morgan fingerprint density at radius 1 is 1.29 bits per heavy atom. The molecule has 3 aromatic rings. The standard InChI is InChI=1S/C22H21ClN2O2S/c1-3-19-21(17-9-10-18(23)15(2)13-17)24-22(28-19)25(12-11-20(26)27)14-16-7-5-4-6-8-16/h3-10,13H,1,11-12,14H2,2H3,(H,26,27). The zero-order valence-corrected chi connectivity index (χ0v) is 17.1. The first kappa shape index (κ1) is 20.1. The summed E-state index contributed by atoms with van der Waals surface area (Å²) in [5.41, 5.74) is 3.89. The van der Waals surface area contributed by atoms with Crippen molar-refractivity contribution in [3.8, 4) is 11.3 Å². The number of carbonyl (C=O) groups is 1. The third-order valence-corrected chi connectivity index (χ3v) is 5.88. The van der Waals surface area contributed by atoms with Gasteiger partial charge >= 0.3 is 5.97 Å². The number of nitrogens with zero attached hydrogens (tertiary/aromatic N) is 2. The van der Waals surface area contributed by atoms with Crippen molar-refractivity contribution in [2.45, 2.75) is 19.9 Å². The lowest BCUT2D eigenvalue weighted by Crippen LogP contribution is -2.25. The number of hydrogen-bond acceptors (Lipinski definition) is 4. The second-order valence-corrected chi connectivity index (χ2v) is 7.84. The zero-order valence-electron chi connectivity index (χ0n) is 15.6. The highest BCUT2D eigenvalue weighted by Gasteiger charge is 2.18. The average Bonchev–Trinajstić information content (AvgIpc) is 3.12. The molecule has 0 unspecified atom stereocenters. The van der Waals surface area contributed by atoms with Gasteiger partial charge in [0.25, 0.3) is 0 Å². The summed E-state index contributed by atoms with van der Waals surface area (Å²) in [7, 11) is 0. The van der Waals surface area contributed by atoms with E-state index in [2.05, 4.69) is 6.58 Å². The predicted molar refractivity (Wildman–Crippen MR) is 117 cm³/mol. The lowest BCUT2D eigenvalue weighted by atomic mass is 10.1. The molecule has 0 aliphatic carbocycles. The van der Waals surface area contributed by atoms with Gasteiger partial charge in [0, 0.05) is 23.7 Å². The van der Waals surface area contributed by atoms with Crippen LogP contribution in [0, 0.1) is 6.92 Å². The van der Waals surface area contributed by atoms with E-state index in [-0.39, 0.29) is 6.42 Å². The molecule has 0 atom stereocenters. The average molecular weight is 413 g/mol. The number of hydrogen-bond donors (Lipinski definition) is 1. The Labute approximate surface area is 173 Å². The molecule has 0 fully saturated rings. The van der Waals surface area contributed by atoms with Crippen LogP contribution in [0.3, 0.4) is 0 Å². The van der Waals surface area contributed by atoms with Crippen molar-refractivity contribution in [2.24, 2.45) is 0 Å². The fourth-order valence-electron chi connectivity index (χ4n) is 2.87. The molecule has 144 valence electrons. The summed E-state index contributed by atoms with van der Waals surface area (Å²) >= 11 is 7.67. The van der Waals surface area contributed by atoms with Gasteiger partial charge in [0.15, 0.2) is 5.13 Å². The molecule has 3 rings (SSSR count). The van der Waals surface area contributed by atoms with Gasteiger partial charge in [0.1, 0.15) is 0 Å². The Hall–Kier alpha value is -2.63. The number of carboxylic acid groups (broad SMARTS) is 1. The van der Waals surface area contributed by atoms with Crippen LogP contribution in [0.15, 0.2) is 55.1 Å². The van der Waals surface area contributed by atoms with Gasteiger partial charge in [0.2, 0.25) is 0 Å². The lowest BCUT2D eigenvalue weighted by molar-refractivity contribution is -0.136. The fourth-order valence-corrected chi connectivity index (χ4v) is 3.95. The maximum Gasteiger partial charge on any atom is 0.305 e. The summed E-state index contributed by atoms with van der Waals surface area (Å²) in [6, 6.07) is 15.8. The number of aromatic nitrogens is 1. The maximum absolute atomic E-state index is 11.1. The van der Waals surface area contributed by atoms with Gasteiger partial charge in [-0.15, -0.1) is 0 Å². The first-order valence-corrected chi connectivity index (χ1v) is 10.1. The van der Waals surface area contributed by atoms with E-state index in [9.17, 15) is 4.79 Å². The highest BCUT2D eigenvalue weighted by molar-refractivity contribution is 7.16. The van der Waals surface area contributed by atoms with Crippen molar-refractivity contribution >= 4 is 40.1 Å². The van der Waals surface area contributed by atoms with Crippen molar-refractivity contribution in [3.05, 3.63) is 76.1 Å². The Morgan fingerprint density at radius 3 is 2.68 bits per heavy atom. The highest BCUT2D eigenvalue weighted by Crippen LogP contribution is 2.35. The van der Waals surface area contributed by atoms with Crippen LogP contribution >= 0.6 is 22.9 Å². The molecular formula is C22H21ClN2O2S. The third kappa shape index (κ3) is 4.80. The van der Waals surface area contributed by atoms with Crippen molar-refractivity contribution in [3.63, 3.8) is 0 Å². The van der Waals surface area contributed by atoms with Gasteiger partial charge in [-0.2, -0.15) is 0 Å². The summed E-state index contributed by atoms with van der Waals surface area (Å²) in [6.07, 6.45) is 1.84. The lowest BCUT2D eigenvalue weighted by Gasteiger charge is -2.21. The van der Waals surface area contributed by atoms with Crippen LogP contribution in [-0.4, -0.2) is 22.6 Å². The minimum Gasteiger partial charge on any atom is -0.481 e. The Bertz CT molecular complexity index is 985. The summed E-state index contributed by atoms with van der Waals surface area (Å²) in [5, 5.41) is 10.6. The zero-order chi connectivity index (χ0) is 20.1. The number of rotatable bonds is 8. The van der Waals surface area contributed by atoms with E-state index in [4.69, 9.17) is 21.7 Å². The molecular weight excluding hydrogens is 392 g/mol. The maximum atomic E-state index is 11.1. The minimum absolute atomic E-state index is 0.0468. The van der Waals surface area contributed by atoms with Crippen LogP contribution in [0.5, 0.6) is 0 Å². The monoisotopic (exact) mass is 412 g/mol. The molecule has 0 spiro atoms. The van der Waals surface area contributed by atoms with Crippen LogP contribution in [0.25, 0.3) is 17.3 Å². The summed E-state index contributed by atoms with van der Waals surface area (Å²) < 4.78 is 0. The fraction of sp³-hybridized carbons (Fsp3) is 0.182. The van der Waals surface area contributed by atoms with Crippen LogP contribution in [0.1, 0.15) is 22.4 Å². The summed E-state index contributed by atoms with van der Waals surface area (Å²) in [6.45, 7) is 6.86. The quantitative estimate of drug-likeness (QED) is 0.500. The Balaban J connectivity index is 1.97. The van der Waals surface area contributed by atoms with E-state index in [1.54, 1.807) is 6.08 Å². The van der Waals surface area contributed by atoms with E-state index in [0.29, 0.717) is 18.1 Å². The van der Waals surface area contributed by atoms with E-state index < -0.39 is 5.97 Å². The molecule has 0 aliphatic heterocycles. The van der Waals surface area contributed by atoms with E-state index in [0.717, 1.165) is 32.4 Å². The Morgan fingerprint density at radius 2 is 2.04 bits per heavy atom. The number of halogens is 1. The molecule has 0 radical (unpaired) electrons. The highest BCUT2D eigenvalue weighted by atomic mass is 35.5. The molecule has 1 N–H and O–H groups in total. The van der Waals surface area contributed by atoms with Gasteiger partial charge in [-0.25, -0.2) is 4.98 Å². The Kier molecular flexibility index (Phi) is 6.49. The molecule has 0 saturated carbocycles. The minimum atomic E-state index is -0.827. The SMILES string of the molecule is C=Cc1sc(N(CCC(=O)O)Cc2ccccc2)nc1-c1ccc(Cl)c(C)c1. The molecule has 4 nitrogen and oxygen atoms in total. The number of carboxylic acids is 1. The number of thiazole rings is 1. The number of anilines is 1. The van der Waals surface area contributed by atoms with Gasteiger partial charge < -0.3 is 10.0 Å². The summed E-state index contributed by atoms with van der Waals surface area (Å²) in [4.78, 5) is 18.9. The molecule has 2 aromatic carbocycles. The number of benzene rings is 2. The van der Waals surface area contributed by atoms with E-state index >= 15 is 0 Å². The number of aryl methyl sites for hydroxylation is 1. The van der Waals surface area contributed by atoms with Gasteiger partial charge in [0.05, 0.1) is 17.0 Å². The molecule has 0 amide bonds. The normalized spacial score (nSPS) is 10.6. The summed E-state index contributed by atoms with van der Waals surface area (Å²) in [5.74, 6) is -0.827. The molecule has 1 aromatic heterocycles. The van der Waals surface area contributed by atoms with E-state index in [1.165, 1.54) is 11.3 Å². The molecule has 6 heteroatoms. The van der Waals surface area contributed by atoms with Crippen LogP contribution in [-0.2, 0) is 11.3 Å². The van der Waals surface area contributed by atoms with Gasteiger partial charge in [-0.3, -0.25) is 4.79 Å². The van der Waals surface area contributed by atoms with Crippen molar-refractivity contribution in [2.75, 3.05) is 11.4 Å². The van der Waals surface area contributed by atoms with Crippen molar-refractivity contribution in [1.29, 1.82) is 0 Å². The second-order valence-electron chi connectivity index (χ2n) is 6.43. The molecule has 28 heavy (non-hydrogen) atoms. The first-order chi connectivity index (χ1) is 13.5. The number of aliphatic carboxylic acids is 1. The van der Waals surface area contributed by atoms with Gasteiger partial charge in [-0.05, 0) is 36.3 Å². The molecule has 0 aliphatic rings. The molecule has 1 heterocycles. The van der Waals surface area contributed by atoms with Crippen molar-refractivity contribution in [1.82, 2.24) is 4.98 Å². The van der Waals surface area contributed by atoms with Gasteiger partial charge in [-0.1, -0.05) is 65.9 Å². The predicted octanol–water partition coefficient (Wildman–Crippen LogP) is 5.90. The second kappa shape index (κ2) is 9.04. The third-order valence-electron chi connectivity index (χ3n) is 4.34. The van der Waals surface area contributed by atoms with E-state index in [1.807, 2.05) is 60.4 Å². The van der Waals surface area contributed by atoms with Crippen molar-refractivity contribution < 1.29 is 9.90 Å². The topological polar surface area (TPSA) is 53.4 Å². The van der Waals surface area contributed by atoms with Crippen LogP contribution in [0.2, 0.25) is 5.02 Å². The van der Waals surface area contributed by atoms with Crippen LogP contribution in [0.4, 0.5) is 5.13 Å². The largest absolute Gasteiger partial charge is 0.481 e. The molecule has 0 bridgehead atoms. The first-order valence-electron chi connectivity index (χ1n) is 8.88. The molecule has 0 saturated heterocycles. The van der Waals surface area contributed by atoms with Crippen LogP contribution < -0.4 is 4.90 Å².